The molecule has 0 bridgehead atoms. The zero-order valence-electron chi connectivity index (χ0n) is 10.5. The SMILES string of the molecule is CC(=O)O[C@H]1CC=C2[C@@H]1C(C)(C)OC(=O)N2C. The van der Waals surface area contributed by atoms with Crippen LogP contribution in [0, 0.1) is 5.92 Å². The minimum absolute atomic E-state index is 0.0888. The Bertz CT molecular complexity index is 399. The number of carbonyl (C=O) groups is 2. The predicted molar refractivity (Wildman–Crippen MR) is 60.1 cm³/mol. The highest BCUT2D eigenvalue weighted by Gasteiger charge is 2.51. The Balaban J connectivity index is 2.28. The molecule has 0 radical (unpaired) electrons. The number of fused-ring (bicyclic) bond motifs is 1. The second-order valence-corrected chi connectivity index (χ2v) is 5.02. The molecule has 0 saturated carbocycles. The molecule has 5 nitrogen and oxygen atoms in total. The average Bonchev–Trinajstić information content (AvgIpc) is 2.58. The van der Waals surface area contributed by atoms with Crippen LogP contribution in [0.3, 0.4) is 0 Å². The average molecular weight is 239 g/mol. The summed E-state index contributed by atoms with van der Waals surface area (Å²) in [5.74, 6) is -0.394. The molecule has 5 heteroatoms. The van der Waals surface area contributed by atoms with Crippen LogP contribution in [0.4, 0.5) is 4.79 Å². The molecular weight excluding hydrogens is 222 g/mol. The van der Waals surface area contributed by atoms with Crippen molar-refractivity contribution in [1.29, 1.82) is 0 Å². The summed E-state index contributed by atoms with van der Waals surface area (Å²) in [5.41, 5.74) is 0.240. The third kappa shape index (κ3) is 1.90. The lowest BCUT2D eigenvalue weighted by molar-refractivity contribution is -0.153. The van der Waals surface area contributed by atoms with Gasteiger partial charge in [-0.2, -0.15) is 0 Å². The van der Waals surface area contributed by atoms with Gasteiger partial charge in [-0.15, -0.1) is 0 Å². The first-order valence-electron chi connectivity index (χ1n) is 5.67. The second-order valence-electron chi connectivity index (χ2n) is 5.02. The minimum Gasteiger partial charge on any atom is -0.461 e. The van der Waals surface area contributed by atoms with Gasteiger partial charge in [-0.05, 0) is 13.8 Å². The maximum Gasteiger partial charge on any atom is 0.414 e. The van der Waals surface area contributed by atoms with Gasteiger partial charge in [0.15, 0.2) is 0 Å². The van der Waals surface area contributed by atoms with E-state index in [2.05, 4.69) is 0 Å². The van der Waals surface area contributed by atoms with E-state index in [9.17, 15) is 9.59 Å². The van der Waals surface area contributed by atoms with Gasteiger partial charge in [-0.3, -0.25) is 9.69 Å². The van der Waals surface area contributed by atoms with Gasteiger partial charge >= 0.3 is 12.1 Å². The van der Waals surface area contributed by atoms with E-state index in [0.717, 1.165) is 5.70 Å². The zero-order chi connectivity index (χ0) is 12.8. The number of nitrogens with zero attached hydrogens (tertiary/aromatic N) is 1. The van der Waals surface area contributed by atoms with Crippen molar-refractivity contribution in [1.82, 2.24) is 4.90 Å². The zero-order valence-corrected chi connectivity index (χ0v) is 10.5. The van der Waals surface area contributed by atoms with Gasteiger partial charge < -0.3 is 9.47 Å². The highest BCUT2D eigenvalue weighted by Crippen LogP contribution is 2.43. The number of hydrogen-bond donors (Lipinski definition) is 0. The van der Waals surface area contributed by atoms with Gasteiger partial charge in [0, 0.05) is 26.1 Å². The number of hydrogen-bond acceptors (Lipinski definition) is 4. The largest absolute Gasteiger partial charge is 0.461 e. The summed E-state index contributed by atoms with van der Waals surface area (Å²) in [5, 5.41) is 0. The molecule has 0 aromatic carbocycles. The van der Waals surface area contributed by atoms with Gasteiger partial charge in [0.05, 0.1) is 5.92 Å². The Kier molecular flexibility index (Phi) is 2.64. The predicted octanol–water partition coefficient (Wildman–Crippen LogP) is 1.68. The lowest BCUT2D eigenvalue weighted by Crippen LogP contribution is -2.52. The minimum atomic E-state index is -0.647. The Labute approximate surface area is 100 Å². The Hall–Kier alpha value is -1.52. The molecule has 0 spiro atoms. The second kappa shape index (κ2) is 3.75. The summed E-state index contributed by atoms with van der Waals surface area (Å²) in [7, 11) is 1.67. The van der Waals surface area contributed by atoms with Gasteiger partial charge in [0.2, 0.25) is 0 Å². The number of ether oxygens (including phenoxy) is 2. The van der Waals surface area contributed by atoms with Gasteiger partial charge in [-0.25, -0.2) is 4.79 Å². The van der Waals surface area contributed by atoms with Crippen molar-refractivity contribution in [2.45, 2.75) is 38.9 Å². The molecule has 0 N–H and O–H groups in total. The number of rotatable bonds is 1. The Morgan fingerprint density at radius 1 is 1.59 bits per heavy atom. The summed E-state index contributed by atoms with van der Waals surface area (Å²) >= 11 is 0. The van der Waals surface area contributed by atoms with Crippen molar-refractivity contribution in [2.75, 3.05) is 7.05 Å². The fraction of sp³-hybridized carbons (Fsp3) is 0.667. The number of esters is 1. The first kappa shape index (κ1) is 12.0. The molecule has 17 heavy (non-hydrogen) atoms. The quantitative estimate of drug-likeness (QED) is 0.653. The molecular formula is C12H17NO4. The third-order valence-corrected chi connectivity index (χ3v) is 3.33. The molecule has 0 unspecified atom stereocenters. The van der Waals surface area contributed by atoms with Gasteiger partial charge in [-0.1, -0.05) is 6.08 Å². The maximum atomic E-state index is 11.6. The molecule has 1 amide bonds. The Morgan fingerprint density at radius 3 is 2.82 bits per heavy atom. The first-order valence-corrected chi connectivity index (χ1v) is 5.67. The van der Waals surface area contributed by atoms with Gasteiger partial charge in [0.25, 0.3) is 0 Å². The molecule has 1 saturated heterocycles. The summed E-state index contributed by atoms with van der Waals surface area (Å²) in [6, 6.07) is 0. The van der Waals surface area contributed by atoms with Crippen LogP contribution in [0.2, 0.25) is 0 Å². The van der Waals surface area contributed by atoms with E-state index in [4.69, 9.17) is 9.47 Å². The van der Waals surface area contributed by atoms with Crippen LogP contribution in [-0.4, -0.2) is 35.7 Å². The normalized spacial score (nSPS) is 30.5. The summed E-state index contributed by atoms with van der Waals surface area (Å²) in [6.07, 6.45) is 1.97. The molecule has 2 rings (SSSR count). The highest BCUT2D eigenvalue weighted by atomic mass is 16.6. The Morgan fingerprint density at radius 2 is 2.24 bits per heavy atom. The van der Waals surface area contributed by atoms with E-state index < -0.39 is 5.60 Å². The van der Waals surface area contributed by atoms with Crippen LogP contribution in [-0.2, 0) is 14.3 Å². The molecule has 0 aromatic rings. The first-order chi connectivity index (χ1) is 7.83. The highest BCUT2D eigenvalue weighted by molar-refractivity contribution is 5.72. The fourth-order valence-corrected chi connectivity index (χ4v) is 2.63. The van der Waals surface area contributed by atoms with Gasteiger partial charge in [0.1, 0.15) is 11.7 Å². The molecule has 2 atom stereocenters. The van der Waals surface area contributed by atoms with E-state index in [1.54, 1.807) is 7.05 Å². The monoisotopic (exact) mass is 239 g/mol. The summed E-state index contributed by atoms with van der Waals surface area (Å²) < 4.78 is 10.7. The van der Waals surface area contributed by atoms with Crippen LogP contribution in [0.15, 0.2) is 11.8 Å². The van der Waals surface area contributed by atoms with E-state index in [1.807, 2.05) is 19.9 Å². The number of amides is 1. The van der Waals surface area contributed by atoms with Crippen molar-refractivity contribution in [3.05, 3.63) is 11.8 Å². The van der Waals surface area contributed by atoms with Crippen molar-refractivity contribution in [3.63, 3.8) is 0 Å². The molecule has 1 heterocycles. The third-order valence-electron chi connectivity index (χ3n) is 3.33. The molecule has 1 aliphatic heterocycles. The maximum absolute atomic E-state index is 11.6. The van der Waals surface area contributed by atoms with Crippen LogP contribution < -0.4 is 0 Å². The van der Waals surface area contributed by atoms with E-state index in [1.165, 1.54) is 11.8 Å². The van der Waals surface area contributed by atoms with Crippen LogP contribution in [0.1, 0.15) is 27.2 Å². The molecule has 0 aromatic heterocycles. The smallest absolute Gasteiger partial charge is 0.414 e. The number of carbonyl (C=O) groups excluding carboxylic acids is 2. The van der Waals surface area contributed by atoms with Crippen molar-refractivity contribution in [3.8, 4) is 0 Å². The van der Waals surface area contributed by atoms with E-state index in [-0.39, 0.29) is 24.1 Å². The topological polar surface area (TPSA) is 55.8 Å². The standard InChI is InChI=1S/C12H17NO4/c1-7(14)16-9-6-5-8-10(9)12(2,3)17-11(15)13(8)4/h5,9-10H,6H2,1-4H3/t9-,10-/m0/s1. The fourth-order valence-electron chi connectivity index (χ4n) is 2.63. The van der Waals surface area contributed by atoms with Crippen molar-refractivity contribution >= 4 is 12.1 Å². The van der Waals surface area contributed by atoms with E-state index >= 15 is 0 Å². The van der Waals surface area contributed by atoms with E-state index in [0.29, 0.717) is 6.42 Å². The molecule has 1 fully saturated rings. The molecule has 94 valence electrons. The molecule has 1 aliphatic carbocycles. The lowest BCUT2D eigenvalue weighted by atomic mass is 9.85. The van der Waals surface area contributed by atoms with Crippen molar-refractivity contribution in [2.24, 2.45) is 5.92 Å². The van der Waals surface area contributed by atoms with Crippen LogP contribution in [0.25, 0.3) is 0 Å². The van der Waals surface area contributed by atoms with Crippen molar-refractivity contribution < 1.29 is 19.1 Å². The summed E-state index contributed by atoms with van der Waals surface area (Å²) in [6.45, 7) is 5.08. The summed E-state index contributed by atoms with van der Waals surface area (Å²) in [4.78, 5) is 24.2. The van der Waals surface area contributed by atoms with Crippen LogP contribution in [0.5, 0.6) is 0 Å². The van der Waals surface area contributed by atoms with Crippen LogP contribution >= 0.6 is 0 Å². The lowest BCUT2D eigenvalue weighted by Gasteiger charge is -2.43. The molecule has 2 aliphatic rings. The number of cyclic esters (lactones) is 1.